The van der Waals surface area contributed by atoms with Gasteiger partial charge in [-0.1, -0.05) is 18.2 Å². The lowest BCUT2D eigenvalue weighted by Crippen LogP contribution is -2.55. The van der Waals surface area contributed by atoms with Gasteiger partial charge in [0.25, 0.3) is 0 Å². The number of carbonyl (C=O) groups excluding carboxylic acids is 1. The zero-order valence-electron chi connectivity index (χ0n) is 20.0. The van der Waals surface area contributed by atoms with E-state index < -0.39 is 0 Å². The number of nitrogens with zero attached hydrogens (tertiary/aromatic N) is 4. The van der Waals surface area contributed by atoms with Gasteiger partial charge in [0.2, 0.25) is 11.9 Å². The molecule has 0 radical (unpaired) electrons. The molecule has 5 aliphatic rings. The highest BCUT2D eigenvalue weighted by Crippen LogP contribution is 2.45. The molecule has 1 aromatic rings. The quantitative estimate of drug-likeness (QED) is 0.398. The fraction of sp³-hybridized carbons (Fsp3) is 0.520. The molecule has 11 nitrogen and oxygen atoms in total. The zero-order chi connectivity index (χ0) is 24.5. The van der Waals surface area contributed by atoms with Gasteiger partial charge in [-0.15, -0.1) is 0 Å². The van der Waals surface area contributed by atoms with Crippen molar-refractivity contribution in [2.24, 2.45) is 38.5 Å². The molecular weight excluding hydrogens is 460 g/mol. The Hall–Kier alpha value is -3.44. The molecule has 0 aromatic heterocycles. The number of primary amides is 1. The minimum Gasteiger partial charge on any atom is -0.492 e. The summed E-state index contributed by atoms with van der Waals surface area (Å²) >= 11 is 0. The van der Waals surface area contributed by atoms with Crippen molar-refractivity contribution in [2.75, 3.05) is 44.8 Å². The number of guanidine groups is 1. The molecule has 6 unspecified atom stereocenters. The summed E-state index contributed by atoms with van der Waals surface area (Å²) in [6.45, 7) is 4.93. The Kier molecular flexibility index (Phi) is 6.32. The number of rotatable bonds is 7. The number of nitrogens with one attached hydrogen (secondary N) is 3. The second-order valence-electron chi connectivity index (χ2n) is 9.78. The van der Waals surface area contributed by atoms with Crippen molar-refractivity contribution < 1.29 is 14.3 Å². The van der Waals surface area contributed by atoms with Gasteiger partial charge in [0.1, 0.15) is 24.2 Å². The topological polar surface area (TPSA) is 138 Å². The van der Waals surface area contributed by atoms with Gasteiger partial charge in [-0.05, 0) is 24.5 Å². The van der Waals surface area contributed by atoms with Gasteiger partial charge < -0.3 is 31.2 Å². The van der Waals surface area contributed by atoms with Crippen LogP contribution in [0.5, 0.6) is 5.75 Å². The van der Waals surface area contributed by atoms with Gasteiger partial charge in [0, 0.05) is 37.3 Å². The molecule has 1 saturated carbocycles. The van der Waals surface area contributed by atoms with E-state index in [-0.39, 0.29) is 41.9 Å². The Morgan fingerprint density at radius 3 is 3.00 bits per heavy atom. The minimum absolute atomic E-state index is 0.172. The van der Waals surface area contributed by atoms with Crippen molar-refractivity contribution in [1.82, 2.24) is 15.5 Å². The van der Waals surface area contributed by atoms with E-state index in [1.54, 1.807) is 6.34 Å². The molecule has 2 bridgehead atoms. The van der Waals surface area contributed by atoms with Gasteiger partial charge >= 0.3 is 0 Å². The number of fused-ring (bicyclic) bond motifs is 3. The number of hydrogen-bond donors (Lipinski definition) is 4. The first-order chi connectivity index (χ1) is 17.6. The summed E-state index contributed by atoms with van der Waals surface area (Å²) in [5.41, 5.74) is 6.59. The summed E-state index contributed by atoms with van der Waals surface area (Å²) in [5.74, 6) is 1.88. The molecule has 11 heteroatoms. The molecule has 1 amide bonds. The Bertz CT molecular complexity index is 1110. The first kappa shape index (κ1) is 23.0. The van der Waals surface area contributed by atoms with E-state index in [9.17, 15) is 4.79 Å². The van der Waals surface area contributed by atoms with Gasteiger partial charge in [-0.25, -0.2) is 9.98 Å². The summed E-state index contributed by atoms with van der Waals surface area (Å²) in [4.78, 5) is 28.7. The number of benzene rings is 1. The standard InChI is InChI=1S/C25H32N8O3/c26-22(34)19-15-4-5-16(12-15)20(19)30-24-21-23(28-14-27-21)31-25(32-24)29-17-2-1-3-18(13-17)36-11-8-33-6-9-35-10-7-33/h1-5,13-16,19-21,23H,6-12H2,(H2,26,34)(H,27,28)(H2,29,30,31,32). The van der Waals surface area contributed by atoms with Crippen molar-refractivity contribution in [3.05, 3.63) is 36.4 Å². The maximum absolute atomic E-state index is 12.2. The maximum Gasteiger partial charge on any atom is 0.223 e. The number of ether oxygens (including phenoxy) is 2. The monoisotopic (exact) mass is 492 g/mol. The molecular formula is C25H32N8O3. The second kappa shape index (κ2) is 9.90. The molecule has 1 aromatic carbocycles. The molecule has 2 fully saturated rings. The van der Waals surface area contributed by atoms with Crippen LogP contribution in [0, 0.1) is 17.8 Å². The Balaban J connectivity index is 1.13. The number of anilines is 1. The lowest BCUT2D eigenvalue weighted by atomic mass is 9.88. The molecule has 5 N–H and O–H groups in total. The van der Waals surface area contributed by atoms with E-state index in [1.165, 1.54) is 0 Å². The molecule has 3 aliphatic heterocycles. The number of amidine groups is 1. The predicted octanol–water partition coefficient (Wildman–Crippen LogP) is 0.169. The number of morpholine rings is 1. The van der Waals surface area contributed by atoms with Crippen LogP contribution >= 0.6 is 0 Å². The van der Waals surface area contributed by atoms with E-state index in [0.717, 1.165) is 50.7 Å². The van der Waals surface area contributed by atoms with Crippen molar-refractivity contribution >= 4 is 29.7 Å². The van der Waals surface area contributed by atoms with Gasteiger partial charge in [0.15, 0.2) is 6.17 Å². The minimum atomic E-state index is -0.332. The van der Waals surface area contributed by atoms with Crippen LogP contribution in [0.1, 0.15) is 6.42 Å². The second-order valence-corrected chi connectivity index (χ2v) is 9.78. The van der Waals surface area contributed by atoms with Crippen LogP contribution in [0.2, 0.25) is 0 Å². The molecule has 36 heavy (non-hydrogen) atoms. The van der Waals surface area contributed by atoms with Crippen molar-refractivity contribution in [1.29, 1.82) is 0 Å². The highest BCUT2D eigenvalue weighted by molar-refractivity contribution is 6.10. The van der Waals surface area contributed by atoms with Crippen LogP contribution in [0.25, 0.3) is 0 Å². The first-order valence-corrected chi connectivity index (χ1v) is 12.6. The Morgan fingerprint density at radius 1 is 1.28 bits per heavy atom. The van der Waals surface area contributed by atoms with Gasteiger partial charge in [-0.2, -0.15) is 0 Å². The molecule has 0 spiro atoms. The van der Waals surface area contributed by atoms with E-state index in [4.69, 9.17) is 25.2 Å². The Morgan fingerprint density at radius 2 is 2.14 bits per heavy atom. The van der Waals surface area contributed by atoms with Crippen LogP contribution in [0.3, 0.4) is 0 Å². The van der Waals surface area contributed by atoms with Gasteiger partial charge in [-0.3, -0.25) is 14.7 Å². The SMILES string of the molecule is NC(=O)C1C2C=CC(C2)C1N=C1NC(Nc2cccc(OCCN3CCOCC3)c2)=NC2N=CNC12. The smallest absolute Gasteiger partial charge is 0.223 e. The van der Waals surface area contributed by atoms with E-state index in [0.29, 0.717) is 18.4 Å². The average molecular weight is 493 g/mol. The molecule has 6 atom stereocenters. The van der Waals surface area contributed by atoms with Crippen LogP contribution < -0.4 is 26.4 Å². The highest BCUT2D eigenvalue weighted by Gasteiger charge is 2.48. The van der Waals surface area contributed by atoms with Crippen LogP contribution in [0.4, 0.5) is 5.69 Å². The Labute approximate surface area is 209 Å². The molecule has 2 aliphatic carbocycles. The van der Waals surface area contributed by atoms with Gasteiger partial charge in [0.05, 0.1) is 31.5 Å². The maximum atomic E-state index is 12.2. The van der Waals surface area contributed by atoms with Crippen LogP contribution in [-0.4, -0.2) is 86.6 Å². The van der Waals surface area contributed by atoms with Crippen molar-refractivity contribution in [3.63, 3.8) is 0 Å². The predicted molar refractivity (Wildman–Crippen MR) is 137 cm³/mol. The number of nitrogens with two attached hydrogens (primary N) is 1. The average Bonchev–Trinajstić information content (AvgIpc) is 3.62. The fourth-order valence-electron chi connectivity index (χ4n) is 5.67. The lowest BCUT2D eigenvalue weighted by Gasteiger charge is -2.29. The van der Waals surface area contributed by atoms with Crippen LogP contribution in [-0.2, 0) is 9.53 Å². The van der Waals surface area contributed by atoms with E-state index in [2.05, 4.69) is 38.0 Å². The third-order valence-electron chi connectivity index (χ3n) is 7.49. The fourth-order valence-corrected chi connectivity index (χ4v) is 5.67. The molecule has 1 saturated heterocycles. The van der Waals surface area contributed by atoms with Crippen molar-refractivity contribution in [2.45, 2.75) is 24.7 Å². The number of aliphatic imine (C=N–C) groups is 3. The molecule has 6 rings (SSSR count). The normalized spacial score (nSPS) is 33.7. The third kappa shape index (κ3) is 4.68. The number of allylic oxidation sites excluding steroid dienone is 1. The lowest BCUT2D eigenvalue weighted by molar-refractivity contribution is -0.122. The van der Waals surface area contributed by atoms with Crippen molar-refractivity contribution in [3.8, 4) is 5.75 Å². The summed E-state index contributed by atoms with van der Waals surface area (Å²) in [5, 5.41) is 9.90. The summed E-state index contributed by atoms with van der Waals surface area (Å²) in [6, 6.07) is 7.44. The summed E-state index contributed by atoms with van der Waals surface area (Å²) < 4.78 is 11.4. The molecule has 3 heterocycles. The molecule has 190 valence electrons. The third-order valence-corrected chi connectivity index (χ3v) is 7.49. The van der Waals surface area contributed by atoms with E-state index >= 15 is 0 Å². The number of hydrogen-bond acceptors (Lipinski definition) is 9. The van der Waals surface area contributed by atoms with Crippen LogP contribution in [0.15, 0.2) is 51.4 Å². The zero-order valence-corrected chi connectivity index (χ0v) is 20.0. The number of carbonyl (C=O) groups is 1. The first-order valence-electron chi connectivity index (χ1n) is 12.6. The number of amides is 1. The summed E-state index contributed by atoms with van der Waals surface area (Å²) in [6.07, 6.45) is 6.52. The summed E-state index contributed by atoms with van der Waals surface area (Å²) in [7, 11) is 0. The van der Waals surface area contributed by atoms with E-state index in [1.807, 2.05) is 24.3 Å². The highest BCUT2D eigenvalue weighted by atomic mass is 16.5. The largest absolute Gasteiger partial charge is 0.492 e.